The quantitative estimate of drug-likeness (QED) is 0.172. The van der Waals surface area contributed by atoms with Gasteiger partial charge in [0.25, 0.3) is 5.91 Å². The van der Waals surface area contributed by atoms with Gasteiger partial charge >= 0.3 is 0 Å². The number of thiazole rings is 1. The van der Waals surface area contributed by atoms with Crippen LogP contribution in [0.3, 0.4) is 0 Å². The average Bonchev–Trinajstić information content (AvgIpc) is 3.45. The number of pyridine rings is 1. The molecule has 0 bridgehead atoms. The van der Waals surface area contributed by atoms with E-state index >= 15 is 0 Å². The van der Waals surface area contributed by atoms with Gasteiger partial charge in [0, 0.05) is 31.0 Å². The predicted octanol–water partition coefficient (Wildman–Crippen LogP) is 6.15. The summed E-state index contributed by atoms with van der Waals surface area (Å²) in [6.45, 7) is 5.25. The molecule has 11 heteroatoms. The van der Waals surface area contributed by atoms with E-state index in [0.717, 1.165) is 35.9 Å². The minimum atomic E-state index is -3.68. The first-order valence-electron chi connectivity index (χ1n) is 13.7. The Hall–Kier alpha value is -3.54. The van der Waals surface area contributed by atoms with E-state index in [0.29, 0.717) is 40.8 Å². The smallest absolute Gasteiger partial charge is 0.260 e. The minimum Gasteiger partial charge on any atom is -0.495 e. The summed E-state index contributed by atoms with van der Waals surface area (Å²) in [6.07, 6.45) is 6.77. The molecule has 0 saturated heterocycles. The highest BCUT2D eigenvalue weighted by Crippen LogP contribution is 2.40. The maximum Gasteiger partial charge on any atom is 0.260 e. The van der Waals surface area contributed by atoms with E-state index in [4.69, 9.17) is 14.5 Å². The van der Waals surface area contributed by atoms with Gasteiger partial charge in [-0.1, -0.05) is 44.1 Å². The van der Waals surface area contributed by atoms with Crippen molar-refractivity contribution in [3.63, 3.8) is 0 Å². The van der Waals surface area contributed by atoms with Gasteiger partial charge in [0.1, 0.15) is 21.7 Å². The third-order valence-electron chi connectivity index (χ3n) is 6.70. The maximum atomic E-state index is 14.0. The number of carbonyl (C=O) groups is 1. The lowest BCUT2D eigenvalue weighted by atomic mass is 10.2. The van der Waals surface area contributed by atoms with Crippen LogP contribution in [0.25, 0.3) is 10.2 Å². The second-order valence-electron chi connectivity index (χ2n) is 9.53. The van der Waals surface area contributed by atoms with Gasteiger partial charge in [-0.25, -0.2) is 13.4 Å². The number of benzene rings is 2. The number of sulfonamides is 1. The standard InChI is InChI=1S/C30H36N4O5S2/c1-5-7-18-33(19-8-6-2)41(36,37)24-13-11-23(12-14-24)29(35)34(21-22-10-9-17-31-20-22)30-32-27-25(38-3)15-16-26(39-4)28(27)40-30/h9-17,20H,5-8,18-19,21H2,1-4H3. The third kappa shape index (κ3) is 6.86. The summed E-state index contributed by atoms with van der Waals surface area (Å²) >= 11 is 1.32. The molecule has 1 amide bonds. The summed E-state index contributed by atoms with van der Waals surface area (Å²) in [5, 5.41) is 0.457. The number of methoxy groups -OCH3 is 2. The van der Waals surface area contributed by atoms with Crippen LogP contribution in [-0.4, -0.2) is 55.9 Å². The van der Waals surface area contributed by atoms with Gasteiger partial charge in [0.05, 0.1) is 25.7 Å². The first-order valence-corrected chi connectivity index (χ1v) is 15.9. The molecular weight excluding hydrogens is 560 g/mol. The van der Waals surface area contributed by atoms with Gasteiger partial charge in [-0.15, -0.1) is 0 Å². The zero-order valence-electron chi connectivity index (χ0n) is 23.9. The summed E-state index contributed by atoms with van der Waals surface area (Å²) in [4.78, 5) is 24.7. The summed E-state index contributed by atoms with van der Waals surface area (Å²) in [5.74, 6) is 0.884. The van der Waals surface area contributed by atoms with E-state index in [2.05, 4.69) is 4.98 Å². The molecule has 0 atom stereocenters. The highest BCUT2D eigenvalue weighted by Gasteiger charge is 2.27. The first-order chi connectivity index (χ1) is 19.8. The van der Waals surface area contributed by atoms with E-state index in [1.807, 2.05) is 26.0 Å². The first kappa shape index (κ1) is 30.4. The van der Waals surface area contributed by atoms with Crippen LogP contribution in [0.4, 0.5) is 5.13 Å². The Labute approximate surface area is 245 Å². The Morgan fingerprint density at radius 3 is 2.17 bits per heavy atom. The number of aromatic nitrogens is 2. The lowest BCUT2D eigenvalue weighted by molar-refractivity contribution is 0.0985. The van der Waals surface area contributed by atoms with Crippen LogP contribution in [0, 0.1) is 0 Å². The Balaban J connectivity index is 1.70. The van der Waals surface area contributed by atoms with Crippen LogP contribution in [0.5, 0.6) is 11.5 Å². The third-order valence-corrected chi connectivity index (χ3v) is 9.71. The molecule has 4 rings (SSSR count). The number of hydrogen-bond donors (Lipinski definition) is 0. The second kappa shape index (κ2) is 13.9. The molecule has 0 aliphatic carbocycles. The van der Waals surface area contributed by atoms with Crippen LogP contribution >= 0.6 is 11.3 Å². The number of carbonyl (C=O) groups excluding carboxylic acids is 1. The zero-order valence-corrected chi connectivity index (χ0v) is 25.5. The fraction of sp³-hybridized carbons (Fsp3) is 0.367. The van der Waals surface area contributed by atoms with Gasteiger partial charge in [-0.2, -0.15) is 4.31 Å². The second-order valence-corrected chi connectivity index (χ2v) is 12.4. The van der Waals surface area contributed by atoms with Crippen molar-refractivity contribution in [1.82, 2.24) is 14.3 Å². The fourth-order valence-corrected chi connectivity index (χ4v) is 6.97. The molecule has 0 fully saturated rings. The molecule has 0 unspecified atom stereocenters. The van der Waals surface area contributed by atoms with Crippen molar-refractivity contribution in [3.05, 3.63) is 72.1 Å². The van der Waals surface area contributed by atoms with Crippen LogP contribution in [0.1, 0.15) is 55.5 Å². The van der Waals surface area contributed by atoms with Crippen molar-refractivity contribution in [2.24, 2.45) is 0 Å². The van der Waals surface area contributed by atoms with Gasteiger partial charge < -0.3 is 9.47 Å². The Morgan fingerprint density at radius 2 is 1.59 bits per heavy atom. The number of fused-ring (bicyclic) bond motifs is 1. The molecule has 2 aromatic heterocycles. The normalized spacial score (nSPS) is 11.6. The van der Waals surface area contributed by atoms with Crippen LogP contribution in [0.15, 0.2) is 65.8 Å². The topological polar surface area (TPSA) is 102 Å². The van der Waals surface area contributed by atoms with E-state index in [9.17, 15) is 13.2 Å². The van der Waals surface area contributed by atoms with E-state index in [1.54, 1.807) is 60.1 Å². The molecule has 0 aliphatic rings. The van der Waals surface area contributed by atoms with Crippen LogP contribution in [-0.2, 0) is 16.6 Å². The van der Waals surface area contributed by atoms with Crippen molar-refractivity contribution < 1.29 is 22.7 Å². The lowest BCUT2D eigenvalue weighted by Gasteiger charge is -2.22. The fourth-order valence-electron chi connectivity index (χ4n) is 4.39. The van der Waals surface area contributed by atoms with Gasteiger partial charge in [0.2, 0.25) is 10.0 Å². The molecule has 41 heavy (non-hydrogen) atoms. The van der Waals surface area contributed by atoms with Gasteiger partial charge in [-0.05, 0) is 60.9 Å². The SMILES string of the molecule is CCCCN(CCCC)S(=O)(=O)c1ccc(C(=O)N(Cc2cccnc2)c2nc3c(OC)ccc(OC)c3s2)cc1. The summed E-state index contributed by atoms with van der Waals surface area (Å²) in [5.41, 5.74) is 1.76. The molecule has 0 saturated carbocycles. The zero-order chi connectivity index (χ0) is 29.4. The number of unbranched alkanes of at least 4 members (excludes halogenated alkanes) is 2. The molecule has 0 spiro atoms. The molecule has 0 radical (unpaired) electrons. The molecule has 2 aromatic carbocycles. The molecule has 9 nitrogen and oxygen atoms in total. The molecule has 2 heterocycles. The Bertz CT molecular complexity index is 1510. The monoisotopic (exact) mass is 596 g/mol. The number of rotatable bonds is 14. The Morgan fingerprint density at radius 1 is 0.927 bits per heavy atom. The molecule has 0 aliphatic heterocycles. The van der Waals surface area contributed by atoms with Crippen molar-refractivity contribution >= 4 is 42.6 Å². The number of ether oxygens (including phenoxy) is 2. The Kier molecular flexibility index (Phi) is 10.3. The van der Waals surface area contributed by atoms with Crippen molar-refractivity contribution in [2.45, 2.75) is 51.0 Å². The number of amides is 1. The molecule has 4 aromatic rings. The van der Waals surface area contributed by atoms with E-state index in [1.165, 1.54) is 23.5 Å². The lowest BCUT2D eigenvalue weighted by Crippen LogP contribution is -2.33. The molecular formula is C30H36N4O5S2. The number of anilines is 1. The van der Waals surface area contributed by atoms with Crippen molar-refractivity contribution in [1.29, 1.82) is 0 Å². The van der Waals surface area contributed by atoms with Crippen molar-refractivity contribution in [2.75, 3.05) is 32.2 Å². The van der Waals surface area contributed by atoms with E-state index < -0.39 is 10.0 Å². The minimum absolute atomic E-state index is 0.175. The maximum absolute atomic E-state index is 14.0. The van der Waals surface area contributed by atoms with Crippen LogP contribution in [0.2, 0.25) is 0 Å². The number of hydrogen-bond acceptors (Lipinski definition) is 8. The van der Waals surface area contributed by atoms with Gasteiger partial charge in [0.15, 0.2) is 5.13 Å². The average molecular weight is 597 g/mol. The number of nitrogens with zero attached hydrogens (tertiary/aromatic N) is 4. The largest absolute Gasteiger partial charge is 0.495 e. The highest BCUT2D eigenvalue weighted by atomic mass is 32.2. The van der Waals surface area contributed by atoms with Crippen molar-refractivity contribution in [3.8, 4) is 11.5 Å². The molecule has 0 N–H and O–H groups in total. The summed E-state index contributed by atoms with van der Waals surface area (Å²) in [7, 11) is -0.526. The summed E-state index contributed by atoms with van der Waals surface area (Å²) in [6, 6.07) is 13.4. The molecule has 218 valence electrons. The van der Waals surface area contributed by atoms with E-state index in [-0.39, 0.29) is 17.3 Å². The predicted molar refractivity (Wildman–Crippen MR) is 162 cm³/mol. The summed E-state index contributed by atoms with van der Waals surface area (Å²) < 4.78 is 40.2. The van der Waals surface area contributed by atoms with Crippen LogP contribution < -0.4 is 14.4 Å². The van der Waals surface area contributed by atoms with Gasteiger partial charge in [-0.3, -0.25) is 14.7 Å². The highest BCUT2D eigenvalue weighted by molar-refractivity contribution is 7.89.